The fourth-order valence-electron chi connectivity index (χ4n) is 8.29. The van der Waals surface area contributed by atoms with Crippen molar-refractivity contribution in [1.29, 1.82) is 0 Å². The van der Waals surface area contributed by atoms with Crippen LogP contribution in [0.2, 0.25) is 0 Å². The summed E-state index contributed by atoms with van der Waals surface area (Å²) in [6.45, 7) is 13.9. The maximum atomic E-state index is 14.2. The second kappa shape index (κ2) is 26.3. The molecular weight excluding hydrogens is 733 g/mol. The van der Waals surface area contributed by atoms with Gasteiger partial charge >= 0.3 is 0 Å². The lowest BCUT2D eigenvalue weighted by Gasteiger charge is -2.21. The van der Waals surface area contributed by atoms with Gasteiger partial charge in [0.2, 0.25) is 0 Å². The average molecular weight is 811 g/mol. The van der Waals surface area contributed by atoms with Gasteiger partial charge in [-0.05, 0) is 75.1 Å². The Bertz CT molecular complexity index is 1550. The largest absolute Gasteiger partial charge is 0.344 e. The average Bonchev–Trinajstić information content (AvgIpc) is 3.91. The molecule has 4 rings (SSSR count). The van der Waals surface area contributed by atoms with Crippen LogP contribution in [0.4, 0.5) is 0 Å². The van der Waals surface area contributed by atoms with Crippen LogP contribution in [0.3, 0.4) is 0 Å². The van der Waals surface area contributed by atoms with Gasteiger partial charge in [0.05, 0.1) is 16.0 Å². The van der Waals surface area contributed by atoms with Crippen LogP contribution >= 0.6 is 34.0 Å². The van der Waals surface area contributed by atoms with Crippen LogP contribution in [0, 0.1) is 19.8 Å². The summed E-state index contributed by atoms with van der Waals surface area (Å²) >= 11 is 5.48. The van der Waals surface area contributed by atoms with Crippen molar-refractivity contribution in [3.63, 3.8) is 0 Å². The summed E-state index contributed by atoms with van der Waals surface area (Å²) in [5.41, 5.74) is 4.25. The van der Waals surface area contributed by atoms with Gasteiger partial charge in [-0.2, -0.15) is 0 Å². The van der Waals surface area contributed by atoms with E-state index in [1.165, 1.54) is 165 Å². The molecule has 4 nitrogen and oxygen atoms in total. The van der Waals surface area contributed by atoms with E-state index in [1.54, 1.807) is 16.2 Å². The molecule has 1 aliphatic rings. The van der Waals surface area contributed by atoms with Gasteiger partial charge in [0.1, 0.15) is 0 Å². The summed E-state index contributed by atoms with van der Waals surface area (Å²) in [5.74, 6) is 0.240. The Morgan fingerprint density at radius 1 is 0.509 bits per heavy atom. The molecule has 7 heteroatoms. The Labute approximate surface area is 349 Å². The highest BCUT2D eigenvalue weighted by Gasteiger charge is 2.42. The Kier molecular flexibility index (Phi) is 22.7. The smallest absolute Gasteiger partial charge is 0.263 e. The number of carbonyl (C=O) groups excluding carboxylic acids is 2. The van der Waals surface area contributed by atoms with Gasteiger partial charge in [0.15, 0.2) is 0 Å². The van der Waals surface area contributed by atoms with Gasteiger partial charge in [-0.15, -0.1) is 34.0 Å². The summed E-state index contributed by atoms with van der Waals surface area (Å²) < 4.78 is 0. The molecule has 0 radical (unpaired) electrons. The van der Waals surface area contributed by atoms with Crippen molar-refractivity contribution in [2.45, 2.75) is 208 Å². The zero-order chi connectivity index (χ0) is 38.7. The predicted molar refractivity (Wildman–Crippen MR) is 245 cm³/mol. The third-order valence-electron chi connectivity index (χ3n) is 11.9. The Balaban J connectivity index is 0.00000812. The van der Waals surface area contributed by atoms with Crippen molar-refractivity contribution < 1.29 is 9.59 Å². The van der Waals surface area contributed by atoms with Gasteiger partial charge in [-0.25, -0.2) is 0 Å². The molecule has 0 saturated heterocycles. The number of hydrogen-bond donors (Lipinski definition) is 1. The van der Waals surface area contributed by atoms with Crippen molar-refractivity contribution >= 4 is 45.8 Å². The normalized spacial score (nSPS) is 13.2. The standard InChI is InChI=1S/C48H75NO2S3.H3N/c1-7-11-14-16-18-20-22-24-26-28-31-39-33-41(52-36(39)5)42-34-40(32-29-27-25-23-21-19-17-15-12-8-2)45(54-42)46-44-43(37(6)53-46)47(50)49(48(44)51)35-38(10-4)30-13-9-3;/h33-34,38H,7-32,35H2,1-6H3;1H3. The Morgan fingerprint density at radius 2 is 0.964 bits per heavy atom. The minimum atomic E-state index is -0.0662. The minimum absolute atomic E-state index is 0. The highest BCUT2D eigenvalue weighted by molar-refractivity contribution is 7.27. The number of rotatable bonds is 30. The van der Waals surface area contributed by atoms with E-state index in [-0.39, 0.29) is 18.0 Å². The Morgan fingerprint density at radius 3 is 1.49 bits per heavy atom. The fourth-order valence-corrected chi connectivity index (χ4v) is 12.0. The topological polar surface area (TPSA) is 72.4 Å². The number of unbranched alkanes of at least 4 members (excludes halogenated alkanes) is 19. The number of nitrogens with zero attached hydrogens (tertiary/aromatic N) is 1. The first-order valence-corrected chi connectivity index (χ1v) is 25.0. The first kappa shape index (κ1) is 47.6. The van der Waals surface area contributed by atoms with Crippen LogP contribution in [0.5, 0.6) is 0 Å². The van der Waals surface area contributed by atoms with Crippen LogP contribution in [-0.4, -0.2) is 23.3 Å². The second-order valence-electron chi connectivity index (χ2n) is 16.4. The molecule has 3 aromatic heterocycles. The van der Waals surface area contributed by atoms with Crippen LogP contribution < -0.4 is 6.15 Å². The monoisotopic (exact) mass is 811 g/mol. The molecule has 0 spiro atoms. The summed E-state index contributed by atoms with van der Waals surface area (Å²) in [6.07, 6.45) is 33.5. The molecule has 310 valence electrons. The van der Waals surface area contributed by atoms with E-state index >= 15 is 0 Å². The number of thiophene rings is 3. The lowest BCUT2D eigenvalue weighted by Crippen LogP contribution is -2.34. The third-order valence-corrected chi connectivity index (χ3v) is 15.6. The molecule has 0 bridgehead atoms. The lowest BCUT2D eigenvalue weighted by molar-refractivity contribution is 0.0624. The van der Waals surface area contributed by atoms with Crippen molar-refractivity contribution in [2.75, 3.05) is 6.54 Å². The molecule has 0 aromatic carbocycles. The van der Waals surface area contributed by atoms with E-state index in [2.05, 4.69) is 53.7 Å². The molecule has 3 N–H and O–H groups in total. The van der Waals surface area contributed by atoms with Crippen LogP contribution in [0.1, 0.15) is 223 Å². The van der Waals surface area contributed by atoms with E-state index < -0.39 is 0 Å². The minimum Gasteiger partial charge on any atom is -0.344 e. The zero-order valence-corrected chi connectivity index (χ0v) is 38.5. The number of amides is 2. The van der Waals surface area contributed by atoms with Crippen LogP contribution in [-0.2, 0) is 12.8 Å². The summed E-state index contributed by atoms with van der Waals surface area (Å²) in [6, 6.07) is 4.91. The number of carbonyl (C=O) groups is 2. The number of hydrogen-bond acceptors (Lipinski definition) is 6. The molecule has 3 aromatic rings. The fraction of sp³-hybridized carbons (Fsp3) is 0.708. The van der Waals surface area contributed by atoms with E-state index in [0.717, 1.165) is 41.9 Å². The summed E-state index contributed by atoms with van der Waals surface area (Å²) in [7, 11) is 0. The number of aryl methyl sites for hydroxylation is 4. The molecule has 4 heterocycles. The summed E-state index contributed by atoms with van der Waals surface area (Å²) in [4.78, 5) is 37.0. The molecule has 0 saturated carbocycles. The molecule has 1 atom stereocenters. The van der Waals surface area contributed by atoms with Crippen LogP contribution in [0.15, 0.2) is 12.1 Å². The highest BCUT2D eigenvalue weighted by Crippen LogP contribution is 2.49. The maximum absolute atomic E-state index is 14.2. The molecular formula is C48H78N2O2S3. The summed E-state index contributed by atoms with van der Waals surface area (Å²) in [5, 5.41) is 0. The second-order valence-corrected chi connectivity index (χ2v) is 19.9. The quantitative estimate of drug-likeness (QED) is 0.0538. The SMILES string of the molecule is CCCCCCCCCCCCc1cc(-c2cc(CCCCCCCCCCCC)c(-c3sc(C)c4c3C(=O)N(CC(CC)CCCC)C4=O)s2)sc1C.N. The maximum Gasteiger partial charge on any atom is 0.263 e. The Hall–Kier alpha value is -1.80. The molecule has 55 heavy (non-hydrogen) atoms. The van der Waals surface area contributed by atoms with E-state index in [0.29, 0.717) is 23.6 Å². The van der Waals surface area contributed by atoms with Gasteiger partial charge in [-0.1, -0.05) is 163 Å². The van der Waals surface area contributed by atoms with Crippen molar-refractivity contribution in [3.8, 4) is 19.5 Å². The van der Waals surface area contributed by atoms with E-state index in [4.69, 9.17) is 0 Å². The van der Waals surface area contributed by atoms with Gasteiger partial charge in [0, 0.05) is 30.9 Å². The van der Waals surface area contributed by atoms with Gasteiger partial charge in [0.25, 0.3) is 11.8 Å². The van der Waals surface area contributed by atoms with Gasteiger partial charge < -0.3 is 6.15 Å². The first-order valence-electron chi connectivity index (χ1n) is 22.6. The highest BCUT2D eigenvalue weighted by atomic mass is 32.1. The lowest BCUT2D eigenvalue weighted by atomic mass is 9.99. The van der Waals surface area contributed by atoms with Crippen molar-refractivity contribution in [1.82, 2.24) is 11.1 Å². The molecule has 0 fully saturated rings. The van der Waals surface area contributed by atoms with E-state index in [1.807, 2.05) is 22.7 Å². The zero-order valence-electron chi connectivity index (χ0n) is 36.0. The predicted octanol–water partition coefficient (Wildman–Crippen LogP) is 16.7. The van der Waals surface area contributed by atoms with Gasteiger partial charge in [-0.3, -0.25) is 14.5 Å². The molecule has 2 amide bonds. The van der Waals surface area contributed by atoms with Crippen molar-refractivity contribution in [3.05, 3.63) is 44.1 Å². The molecule has 0 aliphatic carbocycles. The first-order chi connectivity index (χ1) is 26.3. The number of imide groups is 1. The van der Waals surface area contributed by atoms with Crippen LogP contribution in [0.25, 0.3) is 19.5 Å². The van der Waals surface area contributed by atoms with Crippen molar-refractivity contribution in [2.24, 2.45) is 5.92 Å². The van der Waals surface area contributed by atoms with E-state index in [9.17, 15) is 9.59 Å². The molecule has 1 unspecified atom stereocenters. The molecule has 1 aliphatic heterocycles. The number of fused-ring (bicyclic) bond motifs is 1. The third kappa shape index (κ3) is 14.2.